The third kappa shape index (κ3) is 4.22. The molecule has 4 rings (SSSR count). The van der Waals surface area contributed by atoms with Crippen molar-refractivity contribution in [2.24, 2.45) is 7.05 Å². The topological polar surface area (TPSA) is 127 Å². The Morgan fingerprint density at radius 1 is 1.24 bits per heavy atom. The first-order chi connectivity index (χ1) is 13.5. The molecule has 2 aromatic heterocycles. The summed E-state index contributed by atoms with van der Waals surface area (Å²) >= 11 is 0. The molecule has 0 spiro atoms. The number of nitrogens with one attached hydrogen (secondary N) is 3. The van der Waals surface area contributed by atoms with Gasteiger partial charge in [0.2, 0.25) is 11.9 Å². The summed E-state index contributed by atoms with van der Waals surface area (Å²) in [7, 11) is 1.70. The van der Waals surface area contributed by atoms with Crippen LogP contribution in [0.4, 0.5) is 5.95 Å². The molecule has 0 radical (unpaired) electrons. The molecule has 0 unspecified atom stereocenters. The van der Waals surface area contributed by atoms with Crippen molar-refractivity contribution in [2.45, 2.75) is 25.3 Å². The first kappa shape index (κ1) is 20.7. The van der Waals surface area contributed by atoms with Crippen LogP contribution in [0.1, 0.15) is 24.6 Å². The van der Waals surface area contributed by atoms with Crippen LogP contribution in [0.15, 0.2) is 33.9 Å². The number of anilines is 1. The van der Waals surface area contributed by atoms with Gasteiger partial charge in [0, 0.05) is 13.0 Å². The lowest BCUT2D eigenvalue weighted by atomic mass is 9.98. The van der Waals surface area contributed by atoms with Gasteiger partial charge in [0.15, 0.2) is 5.82 Å². The summed E-state index contributed by atoms with van der Waals surface area (Å²) in [5, 5.41) is 10.7. The molecule has 3 heterocycles. The summed E-state index contributed by atoms with van der Waals surface area (Å²) in [6, 6.07) is 6.68. The number of aromatic amines is 1. The van der Waals surface area contributed by atoms with Gasteiger partial charge in [-0.05, 0) is 38.1 Å². The maximum atomic E-state index is 12.5. The number of rotatable bonds is 4. The molecule has 0 atom stereocenters. The van der Waals surface area contributed by atoms with Crippen LogP contribution in [0, 0.1) is 0 Å². The highest BCUT2D eigenvalue weighted by molar-refractivity contribution is 5.89. The van der Waals surface area contributed by atoms with Crippen molar-refractivity contribution < 1.29 is 4.79 Å². The Hall–Kier alpha value is -2.98. The molecule has 3 N–H and O–H groups in total. The summed E-state index contributed by atoms with van der Waals surface area (Å²) in [5.41, 5.74) is -0.704. The smallest absolute Gasteiger partial charge is 0.317 e. The molecule has 1 aromatic carbocycles. The first-order valence-electron chi connectivity index (χ1n) is 9.16. The minimum absolute atomic E-state index is 0. The van der Waals surface area contributed by atoms with Gasteiger partial charge < -0.3 is 10.3 Å². The molecule has 1 fully saturated rings. The molecule has 1 amide bonds. The second-order valence-corrected chi connectivity index (χ2v) is 6.86. The van der Waals surface area contributed by atoms with E-state index in [0.29, 0.717) is 22.7 Å². The largest absolute Gasteiger partial charge is 0.329 e. The van der Waals surface area contributed by atoms with Crippen molar-refractivity contribution >= 4 is 35.2 Å². The third-order valence-corrected chi connectivity index (χ3v) is 4.93. The lowest BCUT2D eigenvalue weighted by molar-refractivity contribution is -0.116. The number of benzene rings is 1. The zero-order chi connectivity index (χ0) is 19.7. The van der Waals surface area contributed by atoms with Crippen molar-refractivity contribution in [3.63, 3.8) is 0 Å². The van der Waals surface area contributed by atoms with Gasteiger partial charge in [0.1, 0.15) is 6.54 Å². The predicted octanol–water partition coefficient (Wildman–Crippen LogP) is 0.346. The minimum Gasteiger partial charge on any atom is -0.317 e. The monoisotopic (exact) mass is 419 g/mol. The molecule has 1 aliphatic heterocycles. The standard InChI is InChI=1S/C18H21N7O3.ClH/c1-24-17(22-15(23-24)11-6-8-19-9-7-11)21-14(26)10-25-16(27)12-4-2-3-5-13(12)20-18(25)28;/h2-5,11,19H,6-10H2,1H3,(H,20,28)(H,21,22,23,26);1H. The van der Waals surface area contributed by atoms with Gasteiger partial charge in [-0.15, -0.1) is 12.4 Å². The van der Waals surface area contributed by atoms with E-state index in [2.05, 4.69) is 25.7 Å². The summed E-state index contributed by atoms with van der Waals surface area (Å²) in [6.45, 7) is 1.42. The van der Waals surface area contributed by atoms with Crippen LogP contribution in [0.5, 0.6) is 0 Å². The Kier molecular flexibility index (Phi) is 6.14. The number of amides is 1. The number of H-pyrrole nitrogens is 1. The molecule has 29 heavy (non-hydrogen) atoms. The maximum absolute atomic E-state index is 12.5. The van der Waals surface area contributed by atoms with Crippen LogP contribution >= 0.6 is 12.4 Å². The van der Waals surface area contributed by atoms with Gasteiger partial charge in [-0.25, -0.2) is 9.48 Å². The first-order valence-corrected chi connectivity index (χ1v) is 9.16. The summed E-state index contributed by atoms with van der Waals surface area (Å²) in [5.74, 6) is 0.725. The average molecular weight is 420 g/mol. The van der Waals surface area contributed by atoms with Crippen LogP contribution in [0.2, 0.25) is 0 Å². The SMILES string of the molecule is Cl.Cn1nc(C2CCNCC2)nc1NC(=O)Cn1c(=O)[nH]c2ccccc2c1=O. The van der Waals surface area contributed by atoms with E-state index in [0.717, 1.165) is 30.5 Å². The number of halogens is 1. The fourth-order valence-corrected chi connectivity index (χ4v) is 3.42. The Bertz CT molecular complexity index is 1140. The van der Waals surface area contributed by atoms with Gasteiger partial charge in [-0.1, -0.05) is 12.1 Å². The van der Waals surface area contributed by atoms with Crippen molar-refractivity contribution in [3.8, 4) is 0 Å². The summed E-state index contributed by atoms with van der Waals surface area (Å²) in [4.78, 5) is 44.2. The Labute approximate surface area is 171 Å². The predicted molar refractivity (Wildman–Crippen MR) is 111 cm³/mol. The Balaban J connectivity index is 0.00000240. The number of nitrogens with zero attached hydrogens (tertiary/aromatic N) is 4. The van der Waals surface area contributed by atoms with Gasteiger partial charge in [0.25, 0.3) is 5.56 Å². The zero-order valence-corrected chi connectivity index (χ0v) is 16.7. The number of aromatic nitrogens is 5. The van der Waals surface area contributed by atoms with Crippen molar-refractivity contribution in [1.82, 2.24) is 29.6 Å². The highest BCUT2D eigenvalue weighted by Gasteiger charge is 2.21. The summed E-state index contributed by atoms with van der Waals surface area (Å²) < 4.78 is 2.38. The van der Waals surface area contributed by atoms with Gasteiger partial charge in [0.05, 0.1) is 10.9 Å². The molecule has 3 aromatic rings. The number of piperidine rings is 1. The van der Waals surface area contributed by atoms with E-state index in [1.807, 2.05) is 0 Å². The third-order valence-electron chi connectivity index (χ3n) is 4.93. The van der Waals surface area contributed by atoms with Crippen LogP contribution in [0.3, 0.4) is 0 Å². The molecule has 1 aliphatic rings. The van der Waals surface area contributed by atoms with Gasteiger partial charge in [-0.2, -0.15) is 10.1 Å². The van der Waals surface area contributed by atoms with E-state index in [4.69, 9.17) is 0 Å². The molecule has 10 nitrogen and oxygen atoms in total. The molecule has 0 bridgehead atoms. The van der Waals surface area contributed by atoms with Crippen LogP contribution in [0.25, 0.3) is 10.9 Å². The lowest BCUT2D eigenvalue weighted by Gasteiger charge is -2.19. The number of hydrogen-bond acceptors (Lipinski definition) is 6. The Morgan fingerprint density at radius 2 is 1.97 bits per heavy atom. The number of carbonyl (C=O) groups excluding carboxylic acids is 1. The lowest BCUT2D eigenvalue weighted by Crippen LogP contribution is -2.38. The van der Waals surface area contributed by atoms with E-state index in [1.54, 1.807) is 31.3 Å². The highest BCUT2D eigenvalue weighted by Crippen LogP contribution is 2.23. The second-order valence-electron chi connectivity index (χ2n) is 6.86. The van der Waals surface area contributed by atoms with Crippen LogP contribution in [-0.4, -0.2) is 43.3 Å². The normalized spacial score (nSPS) is 14.5. The zero-order valence-electron chi connectivity index (χ0n) is 15.8. The van der Waals surface area contributed by atoms with Crippen molar-refractivity contribution in [1.29, 1.82) is 0 Å². The summed E-state index contributed by atoms with van der Waals surface area (Å²) in [6.07, 6.45) is 1.89. The van der Waals surface area contributed by atoms with E-state index < -0.39 is 23.7 Å². The second kappa shape index (κ2) is 8.58. The van der Waals surface area contributed by atoms with E-state index in [1.165, 1.54) is 4.68 Å². The van der Waals surface area contributed by atoms with Crippen molar-refractivity contribution in [2.75, 3.05) is 18.4 Å². The Morgan fingerprint density at radius 3 is 2.72 bits per heavy atom. The van der Waals surface area contributed by atoms with Gasteiger partial charge in [-0.3, -0.25) is 19.5 Å². The molecule has 0 saturated carbocycles. The quantitative estimate of drug-likeness (QED) is 0.560. The van der Waals surface area contributed by atoms with Crippen LogP contribution in [-0.2, 0) is 18.4 Å². The highest BCUT2D eigenvalue weighted by atomic mass is 35.5. The number of fused-ring (bicyclic) bond motifs is 1. The number of aryl methyl sites for hydroxylation is 1. The molecular weight excluding hydrogens is 398 g/mol. The number of hydrogen-bond donors (Lipinski definition) is 3. The van der Waals surface area contributed by atoms with E-state index in [9.17, 15) is 14.4 Å². The van der Waals surface area contributed by atoms with Gasteiger partial charge >= 0.3 is 5.69 Å². The fourth-order valence-electron chi connectivity index (χ4n) is 3.42. The minimum atomic E-state index is -0.632. The fraction of sp³-hybridized carbons (Fsp3) is 0.389. The molecule has 1 saturated heterocycles. The molecule has 0 aliphatic carbocycles. The average Bonchev–Trinajstić information content (AvgIpc) is 3.06. The number of para-hydroxylation sites is 1. The molecule has 154 valence electrons. The molecular formula is C18H22ClN7O3. The molecule has 11 heteroatoms. The van der Waals surface area contributed by atoms with Crippen molar-refractivity contribution in [3.05, 3.63) is 50.9 Å². The number of carbonyl (C=O) groups is 1. The maximum Gasteiger partial charge on any atom is 0.329 e. The van der Waals surface area contributed by atoms with Crippen LogP contribution < -0.4 is 21.9 Å². The van der Waals surface area contributed by atoms with E-state index in [-0.39, 0.29) is 18.3 Å². The van der Waals surface area contributed by atoms with E-state index >= 15 is 0 Å².